The van der Waals surface area contributed by atoms with E-state index in [0.29, 0.717) is 23.8 Å². The van der Waals surface area contributed by atoms with Crippen molar-refractivity contribution < 1.29 is 9.13 Å². The Labute approximate surface area is 146 Å². The van der Waals surface area contributed by atoms with Crippen LogP contribution < -0.4 is 15.8 Å². The molecule has 0 atom stereocenters. The average molecular weight is 389 g/mol. The lowest BCUT2D eigenvalue weighted by atomic mass is 10.2. The standard InChI is InChI=1S/C17H14BrFN4O/c18-12-3-7-14(8-4-12)24-17-15(20)16(22-10-23-17)21-9-11-1-5-13(19)6-2-11/h1-8,10H,9,20H2,(H,21,22,23). The molecule has 122 valence electrons. The van der Waals surface area contributed by atoms with E-state index in [2.05, 4.69) is 31.2 Å². The number of nitrogens with zero attached hydrogens (tertiary/aromatic N) is 2. The molecule has 0 unspecified atom stereocenters. The molecular formula is C17H14BrFN4O. The summed E-state index contributed by atoms with van der Waals surface area (Å²) in [6.45, 7) is 0.458. The molecule has 24 heavy (non-hydrogen) atoms. The van der Waals surface area contributed by atoms with E-state index < -0.39 is 0 Å². The number of anilines is 2. The van der Waals surface area contributed by atoms with E-state index in [-0.39, 0.29) is 11.7 Å². The van der Waals surface area contributed by atoms with Gasteiger partial charge in [0.15, 0.2) is 5.82 Å². The van der Waals surface area contributed by atoms with Crippen molar-refractivity contribution in [3.05, 3.63) is 70.7 Å². The first-order chi connectivity index (χ1) is 11.6. The number of rotatable bonds is 5. The Morgan fingerprint density at radius 2 is 1.75 bits per heavy atom. The molecule has 0 saturated heterocycles. The van der Waals surface area contributed by atoms with Crippen molar-refractivity contribution in [2.45, 2.75) is 6.54 Å². The van der Waals surface area contributed by atoms with Crippen molar-refractivity contribution in [3.8, 4) is 11.6 Å². The third-order valence-corrected chi connectivity index (χ3v) is 3.78. The van der Waals surface area contributed by atoms with Gasteiger partial charge in [-0.25, -0.2) is 9.37 Å². The fourth-order valence-electron chi connectivity index (χ4n) is 2.00. The molecule has 2 aromatic carbocycles. The van der Waals surface area contributed by atoms with E-state index in [9.17, 15) is 4.39 Å². The fourth-order valence-corrected chi connectivity index (χ4v) is 2.27. The van der Waals surface area contributed by atoms with Crippen LogP contribution >= 0.6 is 15.9 Å². The third-order valence-electron chi connectivity index (χ3n) is 3.25. The minimum atomic E-state index is -0.273. The van der Waals surface area contributed by atoms with Crippen molar-refractivity contribution in [2.24, 2.45) is 0 Å². The molecule has 0 aliphatic carbocycles. The first kappa shape index (κ1) is 16.2. The minimum Gasteiger partial charge on any atom is -0.437 e. The van der Waals surface area contributed by atoms with Crippen molar-refractivity contribution in [3.63, 3.8) is 0 Å². The normalized spacial score (nSPS) is 10.4. The highest BCUT2D eigenvalue weighted by atomic mass is 79.9. The molecular weight excluding hydrogens is 375 g/mol. The molecule has 1 heterocycles. The lowest BCUT2D eigenvalue weighted by Crippen LogP contribution is -2.06. The van der Waals surface area contributed by atoms with Crippen LogP contribution in [0.2, 0.25) is 0 Å². The molecule has 0 aliphatic rings. The lowest BCUT2D eigenvalue weighted by molar-refractivity contribution is 0.464. The average Bonchev–Trinajstić information content (AvgIpc) is 2.59. The van der Waals surface area contributed by atoms with Crippen molar-refractivity contribution in [1.29, 1.82) is 0 Å². The van der Waals surface area contributed by atoms with Crippen molar-refractivity contribution >= 4 is 27.4 Å². The SMILES string of the molecule is Nc1c(NCc2ccc(F)cc2)ncnc1Oc1ccc(Br)cc1. The Morgan fingerprint density at radius 1 is 1.04 bits per heavy atom. The smallest absolute Gasteiger partial charge is 0.248 e. The number of ether oxygens (including phenoxy) is 1. The third kappa shape index (κ3) is 3.99. The molecule has 0 spiro atoms. The number of halogens is 2. The van der Waals surface area contributed by atoms with Crippen LogP contribution in [0, 0.1) is 5.82 Å². The number of aromatic nitrogens is 2. The maximum Gasteiger partial charge on any atom is 0.248 e. The van der Waals surface area contributed by atoms with Gasteiger partial charge in [-0.05, 0) is 42.0 Å². The maximum atomic E-state index is 12.9. The second-order valence-corrected chi connectivity index (χ2v) is 5.89. The number of nitrogens with one attached hydrogen (secondary N) is 1. The quantitative estimate of drug-likeness (QED) is 0.678. The number of hydrogen-bond donors (Lipinski definition) is 2. The largest absolute Gasteiger partial charge is 0.437 e. The van der Waals surface area contributed by atoms with Crippen LogP contribution in [-0.4, -0.2) is 9.97 Å². The highest BCUT2D eigenvalue weighted by Gasteiger charge is 2.10. The molecule has 3 N–H and O–H groups in total. The van der Waals surface area contributed by atoms with Crippen LogP contribution in [0.5, 0.6) is 11.6 Å². The van der Waals surface area contributed by atoms with Gasteiger partial charge in [-0.3, -0.25) is 0 Å². The van der Waals surface area contributed by atoms with Crippen LogP contribution in [0.1, 0.15) is 5.56 Å². The van der Waals surface area contributed by atoms with Gasteiger partial charge in [0.25, 0.3) is 0 Å². The first-order valence-corrected chi connectivity index (χ1v) is 7.93. The molecule has 0 fully saturated rings. The van der Waals surface area contributed by atoms with Crippen molar-refractivity contribution in [2.75, 3.05) is 11.1 Å². The predicted octanol–water partition coefficient (Wildman–Crippen LogP) is 4.36. The molecule has 0 amide bonds. The van der Waals surface area contributed by atoms with Gasteiger partial charge < -0.3 is 15.8 Å². The van der Waals surface area contributed by atoms with E-state index >= 15 is 0 Å². The zero-order valence-corrected chi connectivity index (χ0v) is 14.1. The highest BCUT2D eigenvalue weighted by molar-refractivity contribution is 9.10. The maximum absolute atomic E-state index is 12.9. The molecule has 0 radical (unpaired) electrons. The summed E-state index contributed by atoms with van der Waals surface area (Å²) in [6.07, 6.45) is 1.37. The Bertz CT molecular complexity index is 825. The van der Waals surface area contributed by atoms with Gasteiger partial charge in [0, 0.05) is 11.0 Å². The number of nitrogen functional groups attached to an aromatic ring is 1. The second kappa shape index (κ2) is 7.27. The van der Waals surface area contributed by atoms with Gasteiger partial charge in [0.05, 0.1) is 0 Å². The summed E-state index contributed by atoms with van der Waals surface area (Å²) >= 11 is 3.36. The molecule has 0 saturated carbocycles. The molecule has 3 aromatic rings. The van der Waals surface area contributed by atoms with Gasteiger partial charge in [-0.15, -0.1) is 0 Å². The molecule has 7 heteroatoms. The van der Waals surface area contributed by atoms with E-state index in [1.54, 1.807) is 24.3 Å². The van der Waals surface area contributed by atoms with E-state index in [1.165, 1.54) is 18.5 Å². The summed E-state index contributed by atoms with van der Waals surface area (Å²) in [5.74, 6) is 1.08. The van der Waals surface area contributed by atoms with Crippen LogP contribution in [0.25, 0.3) is 0 Å². The number of nitrogens with two attached hydrogens (primary N) is 1. The Morgan fingerprint density at radius 3 is 2.46 bits per heavy atom. The summed E-state index contributed by atoms with van der Waals surface area (Å²) in [4.78, 5) is 8.18. The van der Waals surface area contributed by atoms with Crippen LogP contribution in [0.15, 0.2) is 59.3 Å². The van der Waals surface area contributed by atoms with E-state index in [1.807, 2.05) is 12.1 Å². The van der Waals surface area contributed by atoms with Crippen LogP contribution in [-0.2, 0) is 6.54 Å². The number of benzene rings is 2. The fraction of sp³-hybridized carbons (Fsp3) is 0.0588. The first-order valence-electron chi connectivity index (χ1n) is 7.14. The van der Waals surface area contributed by atoms with Gasteiger partial charge in [0.2, 0.25) is 5.88 Å². The predicted molar refractivity (Wildman–Crippen MR) is 94.4 cm³/mol. The zero-order chi connectivity index (χ0) is 16.9. The van der Waals surface area contributed by atoms with Gasteiger partial charge >= 0.3 is 0 Å². The van der Waals surface area contributed by atoms with Crippen LogP contribution in [0.4, 0.5) is 15.9 Å². The summed E-state index contributed by atoms with van der Waals surface area (Å²) < 4.78 is 19.6. The minimum absolute atomic E-state index is 0.272. The molecule has 0 bridgehead atoms. The lowest BCUT2D eigenvalue weighted by Gasteiger charge is -2.12. The van der Waals surface area contributed by atoms with E-state index in [0.717, 1.165) is 10.0 Å². The molecule has 5 nitrogen and oxygen atoms in total. The summed E-state index contributed by atoms with van der Waals surface area (Å²) in [7, 11) is 0. The Kier molecular flexibility index (Phi) is 4.90. The summed E-state index contributed by atoms with van der Waals surface area (Å²) in [6, 6.07) is 13.5. The van der Waals surface area contributed by atoms with Gasteiger partial charge in [-0.2, -0.15) is 4.98 Å². The summed E-state index contributed by atoms with van der Waals surface area (Å²) in [5, 5.41) is 3.10. The Balaban J connectivity index is 1.72. The molecule has 3 rings (SSSR count). The monoisotopic (exact) mass is 388 g/mol. The second-order valence-electron chi connectivity index (χ2n) is 4.98. The Hall–Kier alpha value is -2.67. The molecule has 0 aliphatic heterocycles. The van der Waals surface area contributed by atoms with E-state index in [4.69, 9.17) is 10.5 Å². The molecule has 1 aromatic heterocycles. The van der Waals surface area contributed by atoms with Crippen molar-refractivity contribution in [1.82, 2.24) is 9.97 Å². The van der Waals surface area contributed by atoms with Gasteiger partial charge in [0.1, 0.15) is 23.6 Å². The van der Waals surface area contributed by atoms with Crippen LogP contribution in [0.3, 0.4) is 0 Å². The topological polar surface area (TPSA) is 73.1 Å². The highest BCUT2D eigenvalue weighted by Crippen LogP contribution is 2.30. The zero-order valence-electron chi connectivity index (χ0n) is 12.5. The summed E-state index contributed by atoms with van der Waals surface area (Å²) in [5.41, 5.74) is 7.28. The van der Waals surface area contributed by atoms with Gasteiger partial charge in [-0.1, -0.05) is 28.1 Å². The number of hydrogen-bond acceptors (Lipinski definition) is 5.